The first-order valence-corrected chi connectivity index (χ1v) is 5.97. The predicted octanol–water partition coefficient (Wildman–Crippen LogP) is 2.13. The molecule has 0 aliphatic heterocycles. The van der Waals surface area contributed by atoms with Crippen LogP contribution in [0.1, 0.15) is 18.5 Å². The Hall–Kier alpha value is -1.40. The summed E-state index contributed by atoms with van der Waals surface area (Å²) in [5.41, 5.74) is 6.60. The maximum absolute atomic E-state index is 13.8. The zero-order valence-electron chi connectivity index (χ0n) is 9.59. The van der Waals surface area contributed by atoms with Crippen LogP contribution in [0.25, 0.3) is 0 Å². The first-order chi connectivity index (χ1) is 8.09. The van der Waals surface area contributed by atoms with E-state index in [9.17, 15) is 4.39 Å². The summed E-state index contributed by atoms with van der Waals surface area (Å²) in [5, 5.41) is 8.32. The molecule has 2 rings (SSSR count). The quantitative estimate of drug-likeness (QED) is 0.909. The second kappa shape index (κ2) is 4.85. The Morgan fingerprint density at radius 3 is 2.82 bits per heavy atom. The van der Waals surface area contributed by atoms with Gasteiger partial charge in [-0.3, -0.25) is 0 Å². The van der Waals surface area contributed by atoms with Gasteiger partial charge in [0.2, 0.25) is 0 Å². The normalized spacial score (nSPS) is 12.7. The fourth-order valence-corrected chi connectivity index (χ4v) is 2.45. The standard InChI is InChI=1S/C11H13FN4S/c1-7(13)8-4-3-5-9(12)10(8)17-11-15-14-6-16(11)2/h3-7H,13H2,1-2H3/t7-/m1/s1. The van der Waals surface area contributed by atoms with Gasteiger partial charge in [-0.2, -0.15) is 0 Å². The Morgan fingerprint density at radius 1 is 1.47 bits per heavy atom. The molecule has 0 saturated carbocycles. The van der Waals surface area contributed by atoms with Gasteiger partial charge in [0.25, 0.3) is 0 Å². The predicted molar refractivity (Wildman–Crippen MR) is 64.1 cm³/mol. The minimum atomic E-state index is -0.284. The summed E-state index contributed by atoms with van der Waals surface area (Å²) in [6.07, 6.45) is 1.58. The van der Waals surface area contributed by atoms with Crippen LogP contribution in [0.4, 0.5) is 4.39 Å². The molecule has 0 radical (unpaired) electrons. The van der Waals surface area contributed by atoms with Crippen LogP contribution in [0.5, 0.6) is 0 Å². The second-order valence-corrected chi connectivity index (χ2v) is 4.75. The van der Waals surface area contributed by atoms with Gasteiger partial charge >= 0.3 is 0 Å². The molecular formula is C11H13FN4S. The van der Waals surface area contributed by atoms with Gasteiger partial charge in [-0.1, -0.05) is 12.1 Å². The molecule has 1 heterocycles. The number of halogens is 1. The van der Waals surface area contributed by atoms with Gasteiger partial charge in [-0.25, -0.2) is 4.39 Å². The van der Waals surface area contributed by atoms with Crippen LogP contribution >= 0.6 is 11.8 Å². The zero-order valence-corrected chi connectivity index (χ0v) is 10.4. The highest BCUT2D eigenvalue weighted by atomic mass is 32.2. The Balaban J connectivity index is 2.41. The third-order valence-electron chi connectivity index (χ3n) is 2.35. The number of hydrogen-bond acceptors (Lipinski definition) is 4. The van der Waals surface area contributed by atoms with E-state index < -0.39 is 0 Å². The molecule has 2 N–H and O–H groups in total. The number of nitrogens with zero attached hydrogens (tertiary/aromatic N) is 3. The van der Waals surface area contributed by atoms with E-state index >= 15 is 0 Å². The Labute approximate surface area is 103 Å². The summed E-state index contributed by atoms with van der Waals surface area (Å²) in [7, 11) is 1.81. The van der Waals surface area contributed by atoms with Crippen LogP contribution in [-0.2, 0) is 7.05 Å². The van der Waals surface area contributed by atoms with Gasteiger partial charge in [-0.15, -0.1) is 10.2 Å². The second-order valence-electron chi connectivity index (χ2n) is 3.77. The van der Waals surface area contributed by atoms with Crippen LogP contribution in [0, 0.1) is 5.82 Å². The van der Waals surface area contributed by atoms with E-state index in [1.807, 2.05) is 20.0 Å². The van der Waals surface area contributed by atoms with Crippen LogP contribution in [0.15, 0.2) is 34.6 Å². The third kappa shape index (κ3) is 2.48. The molecule has 0 fully saturated rings. The minimum absolute atomic E-state index is 0.221. The molecule has 0 unspecified atom stereocenters. The molecule has 6 heteroatoms. The van der Waals surface area contributed by atoms with Crippen LogP contribution < -0.4 is 5.73 Å². The number of hydrogen-bond donors (Lipinski definition) is 1. The average molecular weight is 252 g/mol. The maximum atomic E-state index is 13.8. The zero-order chi connectivity index (χ0) is 12.4. The summed E-state index contributed by atoms with van der Waals surface area (Å²) >= 11 is 1.24. The topological polar surface area (TPSA) is 56.7 Å². The van der Waals surface area contributed by atoms with Gasteiger partial charge in [0.1, 0.15) is 12.1 Å². The van der Waals surface area contributed by atoms with Crippen molar-refractivity contribution in [1.82, 2.24) is 14.8 Å². The van der Waals surface area contributed by atoms with Crippen molar-refractivity contribution in [3.63, 3.8) is 0 Å². The molecule has 0 aliphatic rings. The fraction of sp³-hybridized carbons (Fsp3) is 0.273. The van der Waals surface area contributed by atoms with Gasteiger partial charge in [0.05, 0.1) is 4.90 Å². The number of rotatable bonds is 3. The summed E-state index contributed by atoms with van der Waals surface area (Å²) in [5.74, 6) is -0.284. The molecule has 1 aromatic heterocycles. The van der Waals surface area contributed by atoms with E-state index in [0.717, 1.165) is 5.56 Å². The van der Waals surface area contributed by atoms with E-state index in [4.69, 9.17) is 5.73 Å². The smallest absolute Gasteiger partial charge is 0.195 e. The lowest BCUT2D eigenvalue weighted by atomic mass is 10.1. The molecule has 90 valence electrons. The lowest BCUT2D eigenvalue weighted by Crippen LogP contribution is -2.07. The molecule has 0 spiro atoms. The van der Waals surface area contributed by atoms with E-state index in [0.29, 0.717) is 10.1 Å². The lowest BCUT2D eigenvalue weighted by Gasteiger charge is -2.12. The number of nitrogens with two attached hydrogens (primary N) is 1. The van der Waals surface area contributed by atoms with Gasteiger partial charge < -0.3 is 10.3 Å². The third-order valence-corrected chi connectivity index (χ3v) is 3.54. The molecule has 17 heavy (non-hydrogen) atoms. The van der Waals surface area contributed by atoms with Gasteiger partial charge in [0, 0.05) is 13.1 Å². The molecule has 0 aliphatic carbocycles. The Morgan fingerprint density at radius 2 is 2.24 bits per heavy atom. The van der Waals surface area contributed by atoms with Crippen molar-refractivity contribution in [2.75, 3.05) is 0 Å². The molecule has 2 aromatic rings. The Kier molecular flexibility index (Phi) is 3.44. The number of aromatic nitrogens is 3. The van der Waals surface area contributed by atoms with Crippen molar-refractivity contribution in [2.45, 2.75) is 23.0 Å². The minimum Gasteiger partial charge on any atom is -0.324 e. The lowest BCUT2D eigenvalue weighted by molar-refractivity contribution is 0.590. The molecule has 1 atom stereocenters. The van der Waals surface area contributed by atoms with Crippen molar-refractivity contribution >= 4 is 11.8 Å². The molecular weight excluding hydrogens is 239 g/mol. The number of benzene rings is 1. The molecule has 1 aromatic carbocycles. The van der Waals surface area contributed by atoms with Crippen molar-refractivity contribution < 1.29 is 4.39 Å². The largest absolute Gasteiger partial charge is 0.324 e. The highest BCUT2D eigenvalue weighted by Crippen LogP contribution is 2.33. The Bertz CT molecular complexity index is 524. The van der Waals surface area contributed by atoms with E-state index in [2.05, 4.69) is 10.2 Å². The summed E-state index contributed by atoms with van der Waals surface area (Å²) < 4.78 is 15.5. The highest BCUT2D eigenvalue weighted by Gasteiger charge is 2.15. The first-order valence-electron chi connectivity index (χ1n) is 5.15. The average Bonchev–Trinajstić information content (AvgIpc) is 2.67. The molecule has 4 nitrogen and oxygen atoms in total. The highest BCUT2D eigenvalue weighted by molar-refractivity contribution is 7.99. The van der Waals surface area contributed by atoms with Crippen molar-refractivity contribution in [3.8, 4) is 0 Å². The van der Waals surface area contributed by atoms with Crippen molar-refractivity contribution in [2.24, 2.45) is 12.8 Å². The summed E-state index contributed by atoms with van der Waals surface area (Å²) in [6, 6.07) is 4.69. The first kappa shape index (κ1) is 12.1. The van der Waals surface area contributed by atoms with E-state index in [-0.39, 0.29) is 11.9 Å². The fourth-order valence-electron chi connectivity index (χ4n) is 1.45. The monoisotopic (exact) mass is 252 g/mol. The molecule has 0 saturated heterocycles. The van der Waals surface area contributed by atoms with Crippen molar-refractivity contribution in [3.05, 3.63) is 35.9 Å². The maximum Gasteiger partial charge on any atom is 0.195 e. The van der Waals surface area contributed by atoms with Crippen LogP contribution in [0.2, 0.25) is 0 Å². The van der Waals surface area contributed by atoms with Gasteiger partial charge in [-0.05, 0) is 30.3 Å². The van der Waals surface area contributed by atoms with Crippen LogP contribution in [0.3, 0.4) is 0 Å². The number of aryl methyl sites for hydroxylation is 1. The molecule has 0 bridgehead atoms. The summed E-state index contributed by atoms with van der Waals surface area (Å²) in [4.78, 5) is 0.513. The molecule has 0 amide bonds. The van der Waals surface area contributed by atoms with E-state index in [1.54, 1.807) is 17.0 Å². The SMILES string of the molecule is C[C@@H](N)c1cccc(F)c1Sc1nncn1C. The van der Waals surface area contributed by atoms with Gasteiger partial charge in [0.15, 0.2) is 5.16 Å². The van der Waals surface area contributed by atoms with E-state index in [1.165, 1.54) is 17.8 Å². The van der Waals surface area contributed by atoms with Crippen molar-refractivity contribution in [1.29, 1.82) is 0 Å². The summed E-state index contributed by atoms with van der Waals surface area (Å²) in [6.45, 7) is 1.83. The van der Waals surface area contributed by atoms with Crippen LogP contribution in [-0.4, -0.2) is 14.8 Å².